The second-order valence-electron chi connectivity index (χ2n) is 5.56. The van der Waals surface area contributed by atoms with E-state index in [1.54, 1.807) is 12.1 Å². The first-order valence-electron chi connectivity index (χ1n) is 7.15. The standard InChI is InChI=1S/C18H13F3O3/c1-10-2-4-11(5-3-10)12-6-7-15-13(8-12)9-14(17(22)23)16(24-15)18(19,20)21/h2-9,16H,1H3,(H,22,23). The Morgan fingerprint density at radius 2 is 1.71 bits per heavy atom. The minimum Gasteiger partial charge on any atom is -0.478 e. The first-order chi connectivity index (χ1) is 11.3. The monoisotopic (exact) mass is 334 g/mol. The molecule has 1 aliphatic heterocycles. The lowest BCUT2D eigenvalue weighted by Gasteiger charge is -2.27. The molecule has 6 heteroatoms. The van der Waals surface area contributed by atoms with Crippen molar-refractivity contribution >= 4 is 12.0 Å². The van der Waals surface area contributed by atoms with Crippen LogP contribution in [0.4, 0.5) is 13.2 Å². The van der Waals surface area contributed by atoms with Crippen molar-refractivity contribution < 1.29 is 27.8 Å². The number of ether oxygens (including phenoxy) is 1. The van der Waals surface area contributed by atoms with Crippen molar-refractivity contribution in [3.05, 3.63) is 59.2 Å². The van der Waals surface area contributed by atoms with Crippen LogP contribution in [0.15, 0.2) is 48.0 Å². The van der Waals surface area contributed by atoms with Crippen LogP contribution in [0.1, 0.15) is 11.1 Å². The minimum absolute atomic E-state index is 0.0122. The van der Waals surface area contributed by atoms with E-state index >= 15 is 0 Å². The Morgan fingerprint density at radius 3 is 2.29 bits per heavy atom. The molecule has 1 atom stereocenters. The molecule has 0 aromatic heterocycles. The highest BCUT2D eigenvalue weighted by atomic mass is 19.4. The zero-order valence-electron chi connectivity index (χ0n) is 12.6. The van der Waals surface area contributed by atoms with Crippen LogP contribution in [0.2, 0.25) is 0 Å². The van der Waals surface area contributed by atoms with Gasteiger partial charge in [0.2, 0.25) is 6.10 Å². The topological polar surface area (TPSA) is 46.5 Å². The number of benzene rings is 2. The summed E-state index contributed by atoms with van der Waals surface area (Å²) >= 11 is 0. The number of aliphatic carboxylic acids is 1. The predicted octanol–water partition coefficient (Wildman–Crippen LogP) is 4.45. The SMILES string of the molecule is Cc1ccc(-c2ccc3c(c2)C=C(C(=O)O)C(C(F)(F)F)O3)cc1. The molecule has 0 fully saturated rings. The van der Waals surface area contributed by atoms with Crippen LogP contribution in [-0.4, -0.2) is 23.4 Å². The molecule has 0 saturated heterocycles. The van der Waals surface area contributed by atoms with Gasteiger partial charge in [-0.05, 0) is 36.3 Å². The maximum atomic E-state index is 13.0. The van der Waals surface area contributed by atoms with Gasteiger partial charge < -0.3 is 9.84 Å². The zero-order valence-corrected chi connectivity index (χ0v) is 12.6. The summed E-state index contributed by atoms with van der Waals surface area (Å²) in [5, 5.41) is 9.07. The second-order valence-corrected chi connectivity index (χ2v) is 5.56. The zero-order chi connectivity index (χ0) is 17.5. The molecular formula is C18H13F3O3. The van der Waals surface area contributed by atoms with E-state index < -0.39 is 23.8 Å². The van der Waals surface area contributed by atoms with E-state index in [0.29, 0.717) is 5.56 Å². The molecule has 0 aliphatic carbocycles. The van der Waals surface area contributed by atoms with Gasteiger partial charge in [0, 0.05) is 5.56 Å². The maximum Gasteiger partial charge on any atom is 0.430 e. The molecule has 3 rings (SSSR count). The third kappa shape index (κ3) is 2.99. The summed E-state index contributed by atoms with van der Waals surface area (Å²) < 4.78 is 43.9. The second kappa shape index (κ2) is 5.70. The number of carboxylic acids is 1. The Morgan fingerprint density at radius 1 is 1.08 bits per heavy atom. The van der Waals surface area contributed by atoms with Crippen LogP contribution >= 0.6 is 0 Å². The van der Waals surface area contributed by atoms with Crippen molar-refractivity contribution in [2.45, 2.75) is 19.2 Å². The summed E-state index contributed by atoms with van der Waals surface area (Å²) in [7, 11) is 0. The summed E-state index contributed by atoms with van der Waals surface area (Å²) in [6, 6.07) is 12.3. The van der Waals surface area contributed by atoms with Crippen molar-refractivity contribution in [3.63, 3.8) is 0 Å². The molecule has 124 valence electrons. The Kier molecular flexibility index (Phi) is 3.83. The normalized spacial score (nSPS) is 16.8. The van der Waals surface area contributed by atoms with Gasteiger partial charge in [-0.15, -0.1) is 0 Å². The molecule has 1 unspecified atom stereocenters. The molecule has 1 N–H and O–H groups in total. The molecule has 24 heavy (non-hydrogen) atoms. The first kappa shape index (κ1) is 16.1. The summed E-state index contributed by atoms with van der Waals surface area (Å²) in [5.41, 5.74) is 2.22. The summed E-state index contributed by atoms with van der Waals surface area (Å²) in [4.78, 5) is 11.2. The molecule has 0 spiro atoms. The number of rotatable bonds is 2. The molecule has 2 aromatic rings. The van der Waals surface area contributed by atoms with Crippen LogP contribution in [0, 0.1) is 6.92 Å². The molecule has 0 amide bonds. The minimum atomic E-state index is -4.79. The van der Waals surface area contributed by atoms with Gasteiger partial charge in [-0.3, -0.25) is 0 Å². The number of hydrogen-bond acceptors (Lipinski definition) is 2. The van der Waals surface area contributed by atoms with Crippen LogP contribution in [0.3, 0.4) is 0 Å². The number of hydrogen-bond donors (Lipinski definition) is 1. The molecular weight excluding hydrogens is 321 g/mol. The van der Waals surface area contributed by atoms with Gasteiger partial charge in [-0.1, -0.05) is 35.9 Å². The molecule has 3 nitrogen and oxygen atoms in total. The average Bonchev–Trinajstić information content (AvgIpc) is 2.53. The lowest BCUT2D eigenvalue weighted by atomic mass is 9.97. The number of carbonyl (C=O) groups is 1. The summed E-state index contributed by atoms with van der Waals surface area (Å²) in [6.45, 7) is 1.95. The van der Waals surface area contributed by atoms with Gasteiger partial charge in [0.1, 0.15) is 5.75 Å². The highest BCUT2D eigenvalue weighted by molar-refractivity contribution is 5.95. The fourth-order valence-electron chi connectivity index (χ4n) is 2.54. The highest BCUT2D eigenvalue weighted by Crippen LogP contribution is 2.38. The molecule has 1 heterocycles. The third-order valence-electron chi connectivity index (χ3n) is 3.78. The first-order valence-corrected chi connectivity index (χ1v) is 7.15. The van der Waals surface area contributed by atoms with Crippen LogP contribution in [0.5, 0.6) is 5.75 Å². The van der Waals surface area contributed by atoms with Gasteiger partial charge in [0.25, 0.3) is 0 Å². The molecule has 1 aliphatic rings. The van der Waals surface area contributed by atoms with Gasteiger partial charge >= 0.3 is 12.1 Å². The fraction of sp³-hybridized carbons (Fsp3) is 0.167. The van der Waals surface area contributed by atoms with Crippen LogP contribution < -0.4 is 4.74 Å². The van der Waals surface area contributed by atoms with E-state index in [4.69, 9.17) is 9.84 Å². The number of fused-ring (bicyclic) bond motifs is 1. The van der Waals surface area contributed by atoms with Crippen molar-refractivity contribution in [1.82, 2.24) is 0 Å². The van der Waals surface area contributed by atoms with Crippen LogP contribution in [0.25, 0.3) is 17.2 Å². The van der Waals surface area contributed by atoms with Gasteiger partial charge in [-0.25, -0.2) is 4.79 Å². The highest BCUT2D eigenvalue weighted by Gasteiger charge is 2.48. The number of halogens is 3. The maximum absolute atomic E-state index is 13.0. The quantitative estimate of drug-likeness (QED) is 0.882. The predicted molar refractivity (Wildman–Crippen MR) is 82.7 cm³/mol. The smallest absolute Gasteiger partial charge is 0.430 e. The average molecular weight is 334 g/mol. The lowest BCUT2D eigenvalue weighted by molar-refractivity contribution is -0.187. The summed E-state index contributed by atoms with van der Waals surface area (Å²) in [5.74, 6) is -1.64. The molecule has 0 bridgehead atoms. The van der Waals surface area contributed by atoms with Crippen molar-refractivity contribution in [2.24, 2.45) is 0 Å². The van der Waals surface area contributed by atoms with Crippen molar-refractivity contribution in [3.8, 4) is 16.9 Å². The molecule has 0 radical (unpaired) electrons. The number of aryl methyl sites for hydroxylation is 1. The Hall–Kier alpha value is -2.76. The Bertz CT molecular complexity index is 820. The van der Waals surface area contributed by atoms with E-state index in [9.17, 15) is 18.0 Å². The van der Waals surface area contributed by atoms with Gasteiger partial charge in [0.05, 0.1) is 5.57 Å². The van der Waals surface area contributed by atoms with Gasteiger partial charge in [0.15, 0.2) is 0 Å². The van der Waals surface area contributed by atoms with Crippen LogP contribution in [-0.2, 0) is 4.79 Å². The molecule has 0 saturated carbocycles. The van der Waals surface area contributed by atoms with E-state index in [2.05, 4.69) is 0 Å². The van der Waals surface area contributed by atoms with E-state index in [0.717, 1.165) is 22.8 Å². The largest absolute Gasteiger partial charge is 0.478 e. The van der Waals surface area contributed by atoms with Crippen molar-refractivity contribution in [1.29, 1.82) is 0 Å². The third-order valence-corrected chi connectivity index (χ3v) is 3.78. The van der Waals surface area contributed by atoms with E-state index in [1.165, 1.54) is 6.07 Å². The Labute approximate surface area is 136 Å². The lowest BCUT2D eigenvalue weighted by Crippen LogP contribution is -2.40. The van der Waals surface area contributed by atoms with E-state index in [1.807, 2.05) is 31.2 Å². The number of alkyl halides is 3. The number of carboxylic acid groups (broad SMARTS) is 1. The van der Waals surface area contributed by atoms with E-state index in [-0.39, 0.29) is 5.75 Å². The van der Waals surface area contributed by atoms with Crippen molar-refractivity contribution in [2.75, 3.05) is 0 Å². The Balaban J connectivity index is 2.06. The fourth-order valence-corrected chi connectivity index (χ4v) is 2.54. The van der Waals surface area contributed by atoms with Gasteiger partial charge in [-0.2, -0.15) is 13.2 Å². The summed E-state index contributed by atoms with van der Waals surface area (Å²) in [6.07, 6.45) is -6.23. The molecule has 2 aromatic carbocycles.